The van der Waals surface area contributed by atoms with Crippen LogP contribution >= 0.6 is 0 Å². The summed E-state index contributed by atoms with van der Waals surface area (Å²) in [5.74, 6) is -1.15. The summed E-state index contributed by atoms with van der Waals surface area (Å²) >= 11 is 0. The van der Waals surface area contributed by atoms with E-state index >= 15 is 0 Å². The van der Waals surface area contributed by atoms with Crippen molar-refractivity contribution >= 4 is 23.1 Å². The Bertz CT molecular complexity index is 1210. The van der Waals surface area contributed by atoms with Crippen LogP contribution < -0.4 is 19.4 Å². The fraction of sp³-hybridized carbons (Fsp3) is 0.500. The third-order valence-corrected chi connectivity index (χ3v) is 7.64. The lowest BCUT2D eigenvalue weighted by molar-refractivity contribution is -0.137. The van der Waals surface area contributed by atoms with Gasteiger partial charge in [0.05, 0.1) is 30.9 Å². The standard InChI is InChI=1S/C28H31F4N3O4/c1-38-21-8-9-23(29)25(15-21)34-12-10-20(11-13-34)39-19-6-4-18(5-7-19)35-24(16-26(36)37)22(14-17-2-3-17)27(33-35)28(30,31)32/h4-9,15,17,20,22,24H,2-3,10-14,16H2,1H3,(H,36,37)/t22-,24-/m0/s1. The Hall–Kier alpha value is -3.50. The Labute approximate surface area is 224 Å². The number of alkyl halides is 3. The first-order chi connectivity index (χ1) is 18.6. The number of rotatable bonds is 9. The number of benzene rings is 2. The van der Waals surface area contributed by atoms with Gasteiger partial charge in [0.15, 0.2) is 0 Å². The summed E-state index contributed by atoms with van der Waals surface area (Å²) in [4.78, 5) is 13.5. The largest absolute Gasteiger partial charge is 0.497 e. The van der Waals surface area contributed by atoms with Crippen molar-refractivity contribution in [2.75, 3.05) is 30.1 Å². The first-order valence-corrected chi connectivity index (χ1v) is 13.1. The number of hydrazone groups is 1. The molecule has 1 N–H and O–H groups in total. The molecule has 7 nitrogen and oxygen atoms in total. The summed E-state index contributed by atoms with van der Waals surface area (Å²) in [6.07, 6.45) is -1.85. The quantitative estimate of drug-likeness (QED) is 0.394. The number of carboxylic acids is 1. The molecule has 0 bridgehead atoms. The lowest BCUT2D eigenvalue weighted by Crippen LogP contribution is -2.39. The number of carbonyl (C=O) groups is 1. The Balaban J connectivity index is 1.25. The minimum atomic E-state index is -4.63. The highest BCUT2D eigenvalue weighted by molar-refractivity contribution is 5.96. The Morgan fingerprint density at radius 3 is 2.31 bits per heavy atom. The highest BCUT2D eigenvalue weighted by atomic mass is 19.4. The normalized spacial score (nSPS) is 22.1. The van der Waals surface area contributed by atoms with E-state index in [1.165, 1.54) is 18.2 Å². The van der Waals surface area contributed by atoms with Crippen LogP contribution in [0.4, 0.5) is 28.9 Å². The molecular weight excluding hydrogens is 518 g/mol. The highest BCUT2D eigenvalue weighted by Gasteiger charge is 2.52. The zero-order chi connectivity index (χ0) is 27.7. The van der Waals surface area contributed by atoms with Crippen molar-refractivity contribution in [3.05, 3.63) is 48.3 Å². The predicted molar refractivity (Wildman–Crippen MR) is 138 cm³/mol. The van der Waals surface area contributed by atoms with Gasteiger partial charge >= 0.3 is 12.1 Å². The van der Waals surface area contributed by atoms with E-state index in [2.05, 4.69) is 5.10 Å². The SMILES string of the molecule is COc1ccc(F)c(N2CCC(Oc3ccc(N4N=C(C(F)(F)F)[C@@H](CC5CC5)[C@@H]4CC(=O)O)cc3)CC2)c1. The maximum Gasteiger partial charge on any atom is 0.431 e. The van der Waals surface area contributed by atoms with Gasteiger partial charge in [-0.05, 0) is 48.7 Å². The molecule has 1 saturated heterocycles. The zero-order valence-corrected chi connectivity index (χ0v) is 21.5. The number of carboxylic acid groups (broad SMARTS) is 1. The predicted octanol–water partition coefficient (Wildman–Crippen LogP) is 5.88. The van der Waals surface area contributed by atoms with Gasteiger partial charge in [0.1, 0.15) is 29.1 Å². The van der Waals surface area contributed by atoms with Gasteiger partial charge < -0.3 is 19.5 Å². The number of aliphatic carboxylic acids is 1. The van der Waals surface area contributed by atoms with Crippen LogP contribution in [0.1, 0.15) is 38.5 Å². The molecule has 3 aliphatic rings. The zero-order valence-electron chi connectivity index (χ0n) is 21.5. The summed E-state index contributed by atoms with van der Waals surface area (Å²) in [6.45, 7) is 1.18. The molecule has 39 heavy (non-hydrogen) atoms. The summed E-state index contributed by atoms with van der Waals surface area (Å²) in [5, 5.41) is 14.6. The molecule has 2 aliphatic heterocycles. The van der Waals surface area contributed by atoms with Gasteiger partial charge in [-0.3, -0.25) is 9.80 Å². The molecule has 0 radical (unpaired) electrons. The second-order valence-corrected chi connectivity index (χ2v) is 10.4. The second kappa shape index (κ2) is 10.9. The van der Waals surface area contributed by atoms with E-state index < -0.39 is 36.2 Å². The fourth-order valence-electron chi connectivity index (χ4n) is 5.47. The minimum Gasteiger partial charge on any atom is -0.497 e. The average molecular weight is 550 g/mol. The molecule has 210 valence electrons. The molecule has 1 saturated carbocycles. The number of halogens is 4. The van der Waals surface area contributed by atoms with Crippen molar-refractivity contribution in [1.29, 1.82) is 0 Å². The molecule has 5 rings (SSSR count). The molecular formula is C28H31F4N3O4. The minimum absolute atomic E-state index is 0.106. The number of ether oxygens (including phenoxy) is 2. The third kappa shape index (κ3) is 6.23. The molecule has 2 aromatic rings. The highest BCUT2D eigenvalue weighted by Crippen LogP contribution is 2.44. The fourth-order valence-corrected chi connectivity index (χ4v) is 5.47. The van der Waals surface area contributed by atoms with Gasteiger partial charge in [-0.2, -0.15) is 18.3 Å². The molecule has 0 spiro atoms. The number of piperidine rings is 1. The van der Waals surface area contributed by atoms with Crippen LogP contribution in [0.2, 0.25) is 0 Å². The number of hydrogen-bond acceptors (Lipinski definition) is 6. The van der Waals surface area contributed by atoms with E-state index in [-0.39, 0.29) is 24.3 Å². The van der Waals surface area contributed by atoms with Gasteiger partial charge in [-0.1, -0.05) is 12.8 Å². The summed E-state index contributed by atoms with van der Waals surface area (Å²) < 4.78 is 67.2. The van der Waals surface area contributed by atoms with Crippen LogP contribution in [0.25, 0.3) is 0 Å². The second-order valence-electron chi connectivity index (χ2n) is 10.4. The Kier molecular flexibility index (Phi) is 7.59. The summed E-state index contributed by atoms with van der Waals surface area (Å²) in [5.41, 5.74) is -0.0328. The van der Waals surface area contributed by atoms with Crippen molar-refractivity contribution in [2.45, 2.75) is 56.8 Å². The Morgan fingerprint density at radius 1 is 1.05 bits per heavy atom. The molecule has 1 aliphatic carbocycles. The molecule has 11 heteroatoms. The molecule has 0 unspecified atom stereocenters. The molecule has 2 atom stereocenters. The maximum atomic E-state index is 14.3. The maximum absolute atomic E-state index is 14.3. The smallest absolute Gasteiger partial charge is 0.431 e. The molecule has 2 fully saturated rings. The number of anilines is 2. The Morgan fingerprint density at radius 2 is 1.72 bits per heavy atom. The van der Waals surface area contributed by atoms with Crippen molar-refractivity contribution in [1.82, 2.24) is 0 Å². The van der Waals surface area contributed by atoms with E-state index in [1.807, 2.05) is 4.90 Å². The van der Waals surface area contributed by atoms with Crippen LogP contribution in [0.3, 0.4) is 0 Å². The van der Waals surface area contributed by atoms with Gasteiger partial charge in [-0.15, -0.1) is 0 Å². The lowest BCUT2D eigenvalue weighted by atomic mass is 9.87. The van der Waals surface area contributed by atoms with E-state index in [1.54, 1.807) is 36.4 Å². The number of hydrogen-bond donors (Lipinski definition) is 1. The van der Waals surface area contributed by atoms with E-state index in [0.717, 1.165) is 12.8 Å². The van der Waals surface area contributed by atoms with Crippen molar-refractivity contribution < 1.29 is 36.9 Å². The first-order valence-electron chi connectivity index (χ1n) is 13.1. The number of methoxy groups -OCH3 is 1. The monoisotopic (exact) mass is 549 g/mol. The van der Waals surface area contributed by atoms with Crippen LogP contribution in [-0.4, -0.2) is 55.3 Å². The average Bonchev–Trinajstić information content (AvgIpc) is 3.65. The van der Waals surface area contributed by atoms with Crippen LogP contribution in [0, 0.1) is 17.7 Å². The molecule has 0 amide bonds. The van der Waals surface area contributed by atoms with Gasteiger partial charge in [0.25, 0.3) is 0 Å². The van der Waals surface area contributed by atoms with Gasteiger partial charge in [0, 0.05) is 37.9 Å². The van der Waals surface area contributed by atoms with Crippen molar-refractivity contribution in [2.24, 2.45) is 16.9 Å². The summed E-state index contributed by atoms with van der Waals surface area (Å²) in [6, 6.07) is 10.3. The topological polar surface area (TPSA) is 74.6 Å². The van der Waals surface area contributed by atoms with Crippen LogP contribution in [0.15, 0.2) is 47.6 Å². The van der Waals surface area contributed by atoms with Crippen LogP contribution in [0.5, 0.6) is 11.5 Å². The van der Waals surface area contributed by atoms with E-state index in [0.29, 0.717) is 48.8 Å². The van der Waals surface area contributed by atoms with Crippen molar-refractivity contribution in [3.8, 4) is 11.5 Å². The summed E-state index contributed by atoms with van der Waals surface area (Å²) in [7, 11) is 1.53. The van der Waals surface area contributed by atoms with E-state index in [9.17, 15) is 27.5 Å². The van der Waals surface area contributed by atoms with Crippen molar-refractivity contribution in [3.63, 3.8) is 0 Å². The molecule has 0 aromatic heterocycles. The van der Waals surface area contributed by atoms with E-state index in [4.69, 9.17) is 9.47 Å². The van der Waals surface area contributed by atoms with Crippen LogP contribution in [-0.2, 0) is 4.79 Å². The third-order valence-electron chi connectivity index (χ3n) is 7.64. The molecule has 2 aromatic carbocycles. The number of nitrogens with zero attached hydrogens (tertiary/aromatic N) is 3. The molecule has 2 heterocycles. The first kappa shape index (κ1) is 27.1. The lowest BCUT2D eigenvalue weighted by Gasteiger charge is -2.34. The van der Waals surface area contributed by atoms with Gasteiger partial charge in [0.2, 0.25) is 0 Å². The van der Waals surface area contributed by atoms with Gasteiger partial charge in [-0.25, -0.2) is 4.39 Å².